The van der Waals surface area contributed by atoms with Gasteiger partial charge in [0.05, 0.1) is 11.8 Å². The van der Waals surface area contributed by atoms with E-state index in [-0.39, 0.29) is 0 Å². The third-order valence-corrected chi connectivity index (χ3v) is 7.61. The van der Waals surface area contributed by atoms with Crippen LogP contribution in [0.4, 0.5) is 19.0 Å². The molecule has 2 unspecified atom stereocenters. The van der Waals surface area contributed by atoms with E-state index in [1.54, 1.807) is 6.07 Å². The Hall–Kier alpha value is -2.19. The summed E-state index contributed by atoms with van der Waals surface area (Å²) in [6, 6.07) is 12.2. The van der Waals surface area contributed by atoms with Crippen molar-refractivity contribution < 1.29 is 13.2 Å². The number of nitrogens with zero attached hydrogens (tertiary/aromatic N) is 4. The third kappa shape index (κ3) is 4.62. The van der Waals surface area contributed by atoms with Crippen LogP contribution < -0.4 is 4.90 Å². The van der Waals surface area contributed by atoms with E-state index >= 15 is 0 Å². The zero-order chi connectivity index (χ0) is 22.3. The van der Waals surface area contributed by atoms with Crippen molar-refractivity contribution in [1.29, 1.82) is 0 Å². The SMILES string of the molecule is CCc1nc(N2CC3CN(CCc4ccccc4)CC3C2)c2cc(CC(F)(F)F)sc2n1. The van der Waals surface area contributed by atoms with Crippen molar-refractivity contribution in [2.24, 2.45) is 11.8 Å². The zero-order valence-electron chi connectivity index (χ0n) is 18.1. The van der Waals surface area contributed by atoms with Gasteiger partial charge in [-0.2, -0.15) is 13.2 Å². The van der Waals surface area contributed by atoms with Gasteiger partial charge in [0.15, 0.2) is 0 Å². The Morgan fingerprint density at radius 2 is 1.75 bits per heavy atom. The first-order valence-corrected chi connectivity index (χ1v) is 12.1. The normalized spacial score (nSPS) is 21.6. The number of alkyl halides is 3. The summed E-state index contributed by atoms with van der Waals surface area (Å²) in [5.74, 6) is 2.68. The Labute approximate surface area is 190 Å². The summed E-state index contributed by atoms with van der Waals surface area (Å²) >= 11 is 1.15. The Morgan fingerprint density at radius 1 is 1.03 bits per heavy atom. The van der Waals surface area contributed by atoms with Crippen LogP contribution in [0.25, 0.3) is 10.2 Å². The maximum Gasteiger partial charge on any atom is 0.393 e. The monoisotopic (exact) mass is 460 g/mol. The van der Waals surface area contributed by atoms with Gasteiger partial charge in [0.25, 0.3) is 0 Å². The Morgan fingerprint density at radius 3 is 2.41 bits per heavy atom. The molecule has 1 aromatic carbocycles. The van der Waals surface area contributed by atoms with E-state index in [2.05, 4.69) is 39.0 Å². The number of rotatable bonds is 6. The van der Waals surface area contributed by atoms with Crippen molar-refractivity contribution in [3.05, 3.63) is 52.7 Å². The summed E-state index contributed by atoms with van der Waals surface area (Å²) in [6.07, 6.45) is -3.39. The number of thiophene rings is 1. The standard InChI is InChI=1S/C24H27F3N4S/c1-2-21-28-22(20-10-19(11-24(25,26)27)32-23(20)29-21)31-14-17-12-30(13-18(17)15-31)9-8-16-6-4-3-5-7-16/h3-7,10,17-18H,2,8-9,11-15H2,1H3. The lowest BCUT2D eigenvalue weighted by molar-refractivity contribution is -0.126. The number of likely N-dealkylation sites (tertiary alicyclic amines) is 1. The lowest BCUT2D eigenvalue weighted by Crippen LogP contribution is -2.30. The van der Waals surface area contributed by atoms with Crippen molar-refractivity contribution in [2.45, 2.75) is 32.4 Å². The molecule has 0 bridgehead atoms. The molecular weight excluding hydrogens is 433 g/mol. The van der Waals surface area contributed by atoms with Crippen molar-refractivity contribution in [2.75, 3.05) is 37.6 Å². The predicted molar refractivity (Wildman–Crippen MR) is 122 cm³/mol. The second-order valence-electron chi connectivity index (χ2n) is 8.96. The first kappa shape index (κ1) is 21.6. The van der Waals surface area contributed by atoms with Gasteiger partial charge in [-0.15, -0.1) is 11.3 Å². The number of fused-ring (bicyclic) bond motifs is 2. The third-order valence-electron chi connectivity index (χ3n) is 6.58. The number of benzene rings is 1. The lowest BCUT2D eigenvalue weighted by atomic mass is 10.0. The van der Waals surface area contributed by atoms with E-state index in [9.17, 15) is 13.2 Å². The average molecular weight is 461 g/mol. The number of hydrogen-bond donors (Lipinski definition) is 0. The van der Waals surface area contributed by atoms with E-state index < -0.39 is 12.6 Å². The van der Waals surface area contributed by atoms with E-state index in [1.807, 2.05) is 13.0 Å². The smallest absolute Gasteiger partial charge is 0.355 e. The van der Waals surface area contributed by atoms with Gasteiger partial charge in [-0.25, -0.2) is 9.97 Å². The molecule has 3 aromatic rings. The molecule has 0 spiro atoms. The summed E-state index contributed by atoms with van der Waals surface area (Å²) in [7, 11) is 0. The molecule has 4 heterocycles. The van der Waals surface area contributed by atoms with Gasteiger partial charge >= 0.3 is 6.18 Å². The van der Waals surface area contributed by atoms with Crippen molar-refractivity contribution in [3.63, 3.8) is 0 Å². The zero-order valence-corrected chi connectivity index (χ0v) is 18.9. The molecule has 2 atom stereocenters. The Bertz CT molecular complexity index is 1070. The molecule has 2 aliphatic rings. The molecule has 5 rings (SSSR count). The number of hydrogen-bond acceptors (Lipinski definition) is 5. The van der Waals surface area contributed by atoms with Crippen molar-refractivity contribution >= 4 is 27.4 Å². The molecule has 170 valence electrons. The minimum absolute atomic E-state index is 0.308. The van der Waals surface area contributed by atoms with Crippen LogP contribution in [0.5, 0.6) is 0 Å². The van der Waals surface area contributed by atoms with Crippen LogP contribution in [-0.2, 0) is 19.3 Å². The van der Waals surface area contributed by atoms with Gasteiger partial charge < -0.3 is 9.80 Å². The summed E-state index contributed by atoms with van der Waals surface area (Å²) in [5.41, 5.74) is 1.37. The van der Waals surface area contributed by atoms with E-state index in [0.29, 0.717) is 33.8 Å². The summed E-state index contributed by atoms with van der Waals surface area (Å²) in [6.45, 7) is 7.02. The summed E-state index contributed by atoms with van der Waals surface area (Å²) in [4.78, 5) is 15.1. The molecule has 0 radical (unpaired) electrons. The molecule has 2 saturated heterocycles. The molecule has 2 fully saturated rings. The second kappa shape index (κ2) is 8.63. The van der Waals surface area contributed by atoms with Gasteiger partial charge in [-0.3, -0.25) is 0 Å². The van der Waals surface area contributed by atoms with Crippen LogP contribution in [0, 0.1) is 11.8 Å². The maximum atomic E-state index is 12.9. The number of aryl methyl sites for hydroxylation is 1. The minimum atomic E-state index is -4.21. The van der Waals surface area contributed by atoms with Crippen LogP contribution in [0.1, 0.15) is 23.2 Å². The predicted octanol–water partition coefficient (Wildman–Crippen LogP) is 4.97. The van der Waals surface area contributed by atoms with Crippen LogP contribution in [0.3, 0.4) is 0 Å². The lowest BCUT2D eigenvalue weighted by Gasteiger charge is -2.23. The molecule has 2 aliphatic heterocycles. The van der Waals surface area contributed by atoms with Crippen LogP contribution in [0.2, 0.25) is 0 Å². The highest BCUT2D eigenvalue weighted by atomic mass is 32.1. The van der Waals surface area contributed by atoms with Gasteiger partial charge in [-0.1, -0.05) is 37.3 Å². The van der Waals surface area contributed by atoms with Gasteiger partial charge in [0.1, 0.15) is 16.5 Å². The molecule has 0 N–H and O–H groups in total. The number of halogens is 3. The quantitative estimate of drug-likeness (QED) is 0.520. The molecule has 32 heavy (non-hydrogen) atoms. The fraction of sp³-hybridized carbons (Fsp3) is 0.500. The van der Waals surface area contributed by atoms with Crippen molar-refractivity contribution in [3.8, 4) is 0 Å². The number of anilines is 1. The van der Waals surface area contributed by atoms with Gasteiger partial charge in [0, 0.05) is 44.0 Å². The van der Waals surface area contributed by atoms with E-state index in [4.69, 9.17) is 4.98 Å². The molecule has 4 nitrogen and oxygen atoms in total. The topological polar surface area (TPSA) is 32.3 Å². The highest BCUT2D eigenvalue weighted by Crippen LogP contribution is 2.39. The highest BCUT2D eigenvalue weighted by Gasteiger charge is 2.41. The summed E-state index contributed by atoms with van der Waals surface area (Å²) < 4.78 is 38.8. The van der Waals surface area contributed by atoms with Gasteiger partial charge in [-0.05, 0) is 29.9 Å². The fourth-order valence-corrected chi connectivity index (χ4v) is 6.13. The maximum absolute atomic E-state index is 12.9. The molecule has 0 aliphatic carbocycles. The first-order valence-electron chi connectivity index (χ1n) is 11.3. The van der Waals surface area contributed by atoms with Crippen LogP contribution >= 0.6 is 11.3 Å². The van der Waals surface area contributed by atoms with E-state index in [1.165, 1.54) is 5.56 Å². The molecule has 0 amide bonds. The fourth-order valence-electron chi connectivity index (χ4n) is 5.06. The number of aromatic nitrogens is 2. The Kier molecular flexibility index (Phi) is 5.84. The molecule has 2 aromatic heterocycles. The molecule has 8 heteroatoms. The van der Waals surface area contributed by atoms with Crippen LogP contribution in [-0.4, -0.2) is 53.8 Å². The second-order valence-corrected chi connectivity index (χ2v) is 10.1. The van der Waals surface area contributed by atoms with Crippen molar-refractivity contribution in [1.82, 2.24) is 14.9 Å². The highest BCUT2D eigenvalue weighted by molar-refractivity contribution is 7.18. The van der Waals surface area contributed by atoms with Gasteiger partial charge in [0.2, 0.25) is 0 Å². The Balaban J connectivity index is 1.29. The molecule has 0 saturated carbocycles. The first-order chi connectivity index (χ1) is 15.4. The molecular formula is C24H27F3N4S. The largest absolute Gasteiger partial charge is 0.393 e. The average Bonchev–Trinajstić information content (AvgIpc) is 3.43. The van der Waals surface area contributed by atoms with Crippen LogP contribution in [0.15, 0.2) is 36.4 Å². The summed E-state index contributed by atoms with van der Waals surface area (Å²) in [5, 5.41) is 0.771. The van der Waals surface area contributed by atoms with E-state index in [0.717, 1.165) is 61.7 Å². The minimum Gasteiger partial charge on any atom is -0.355 e.